The fourth-order valence-electron chi connectivity index (χ4n) is 4.82. The van der Waals surface area contributed by atoms with E-state index in [0.717, 1.165) is 77.5 Å². The van der Waals surface area contributed by atoms with Gasteiger partial charge in [0.2, 0.25) is 5.91 Å². The summed E-state index contributed by atoms with van der Waals surface area (Å²) in [6.45, 7) is 11.1. The van der Waals surface area contributed by atoms with Crippen molar-refractivity contribution < 1.29 is 4.79 Å². The van der Waals surface area contributed by atoms with Crippen molar-refractivity contribution in [2.24, 2.45) is 12.0 Å². The van der Waals surface area contributed by atoms with Gasteiger partial charge < -0.3 is 15.1 Å². The van der Waals surface area contributed by atoms with Gasteiger partial charge in [-0.15, -0.1) is 24.0 Å². The highest BCUT2D eigenvalue weighted by molar-refractivity contribution is 14.0. The molecule has 0 saturated carbocycles. The van der Waals surface area contributed by atoms with E-state index in [1.807, 2.05) is 18.8 Å². The molecule has 2 aliphatic rings. The number of nitrogens with zero attached hydrogens (tertiary/aromatic N) is 6. The molecule has 0 aliphatic carbocycles. The largest absolute Gasteiger partial charge is 0.352 e. The van der Waals surface area contributed by atoms with Crippen LogP contribution in [-0.2, 0) is 31.2 Å². The van der Waals surface area contributed by atoms with Gasteiger partial charge in [0.05, 0.1) is 12.2 Å². The molecule has 1 aromatic heterocycles. The molecule has 0 unspecified atom stereocenters. The molecule has 1 amide bonds. The molecule has 9 heteroatoms. The number of rotatable bonds is 6. The molecule has 2 aliphatic heterocycles. The second-order valence-corrected chi connectivity index (χ2v) is 8.66. The number of carbonyl (C=O) groups is 1. The Labute approximate surface area is 210 Å². The summed E-state index contributed by atoms with van der Waals surface area (Å²) >= 11 is 0. The standard InChI is InChI=1S/C23H41N7O.HI/c1-5-20-19(21(6-2)27(4)26-20)17-25-23(24-3)30-15-13-28(14-16-30)18-22(31)29-11-9-7-8-10-12-29;/h5-18H2,1-4H3,(H,24,25);1H. The predicted octanol–water partition coefficient (Wildman–Crippen LogP) is 2.26. The molecule has 1 N–H and O–H groups in total. The van der Waals surface area contributed by atoms with Gasteiger partial charge in [-0.3, -0.25) is 19.4 Å². The van der Waals surface area contributed by atoms with Gasteiger partial charge in [-0.05, 0) is 25.7 Å². The lowest BCUT2D eigenvalue weighted by Crippen LogP contribution is -2.54. The minimum absolute atomic E-state index is 0. The van der Waals surface area contributed by atoms with E-state index in [4.69, 9.17) is 0 Å². The lowest BCUT2D eigenvalue weighted by Gasteiger charge is -2.37. The average Bonchev–Trinajstić information content (AvgIpc) is 2.94. The summed E-state index contributed by atoms with van der Waals surface area (Å²) in [5.41, 5.74) is 3.76. The van der Waals surface area contributed by atoms with Crippen LogP contribution in [0.15, 0.2) is 4.99 Å². The Morgan fingerprint density at radius 2 is 1.62 bits per heavy atom. The summed E-state index contributed by atoms with van der Waals surface area (Å²) in [6, 6.07) is 0. The molecular weight excluding hydrogens is 517 g/mol. The third-order valence-electron chi connectivity index (χ3n) is 6.65. The van der Waals surface area contributed by atoms with Gasteiger partial charge in [-0.25, -0.2) is 0 Å². The third kappa shape index (κ3) is 6.82. The molecule has 3 heterocycles. The normalized spacial score (nSPS) is 18.3. The van der Waals surface area contributed by atoms with Crippen LogP contribution in [0, 0.1) is 0 Å². The number of aliphatic imine (C=N–C) groups is 1. The van der Waals surface area contributed by atoms with E-state index in [1.165, 1.54) is 29.8 Å². The smallest absolute Gasteiger partial charge is 0.236 e. The van der Waals surface area contributed by atoms with Gasteiger partial charge in [0.1, 0.15) is 0 Å². The minimum Gasteiger partial charge on any atom is -0.352 e. The predicted molar refractivity (Wildman–Crippen MR) is 141 cm³/mol. The number of carbonyl (C=O) groups excluding carboxylic acids is 1. The zero-order chi connectivity index (χ0) is 22.2. The Kier molecular flexibility index (Phi) is 11.2. The molecule has 182 valence electrons. The topological polar surface area (TPSA) is 69.0 Å². The maximum atomic E-state index is 12.7. The maximum Gasteiger partial charge on any atom is 0.236 e. The first-order valence-electron chi connectivity index (χ1n) is 12.1. The van der Waals surface area contributed by atoms with Crippen LogP contribution < -0.4 is 5.32 Å². The number of aryl methyl sites for hydroxylation is 2. The molecular formula is C23H42IN7O. The lowest BCUT2D eigenvalue weighted by molar-refractivity contribution is -0.132. The van der Waals surface area contributed by atoms with E-state index in [0.29, 0.717) is 12.5 Å². The van der Waals surface area contributed by atoms with E-state index in [2.05, 4.69) is 44.0 Å². The van der Waals surface area contributed by atoms with Crippen molar-refractivity contribution in [3.05, 3.63) is 17.0 Å². The molecule has 0 radical (unpaired) electrons. The second-order valence-electron chi connectivity index (χ2n) is 8.66. The lowest BCUT2D eigenvalue weighted by atomic mass is 10.1. The Hall–Kier alpha value is -1.36. The number of likely N-dealkylation sites (tertiary alicyclic amines) is 1. The van der Waals surface area contributed by atoms with Gasteiger partial charge >= 0.3 is 0 Å². The van der Waals surface area contributed by atoms with E-state index in [9.17, 15) is 4.79 Å². The van der Waals surface area contributed by atoms with Crippen LogP contribution in [0.5, 0.6) is 0 Å². The number of aromatic nitrogens is 2. The van der Waals surface area contributed by atoms with Crippen LogP contribution >= 0.6 is 24.0 Å². The molecule has 0 atom stereocenters. The molecule has 1 aromatic rings. The Morgan fingerprint density at radius 1 is 0.969 bits per heavy atom. The van der Waals surface area contributed by atoms with Crippen molar-refractivity contribution >= 4 is 35.8 Å². The Morgan fingerprint density at radius 3 is 2.19 bits per heavy atom. The van der Waals surface area contributed by atoms with Crippen molar-refractivity contribution in [1.82, 2.24) is 29.8 Å². The second kappa shape index (κ2) is 13.4. The highest BCUT2D eigenvalue weighted by Crippen LogP contribution is 2.16. The fourth-order valence-corrected chi connectivity index (χ4v) is 4.82. The van der Waals surface area contributed by atoms with Crippen LogP contribution in [0.3, 0.4) is 0 Å². The van der Waals surface area contributed by atoms with Crippen LogP contribution in [0.4, 0.5) is 0 Å². The van der Waals surface area contributed by atoms with Gasteiger partial charge in [0, 0.05) is 71.2 Å². The molecule has 32 heavy (non-hydrogen) atoms. The van der Waals surface area contributed by atoms with Gasteiger partial charge in [0.25, 0.3) is 0 Å². The minimum atomic E-state index is 0. The van der Waals surface area contributed by atoms with Crippen molar-refractivity contribution in [1.29, 1.82) is 0 Å². The van der Waals surface area contributed by atoms with Crippen molar-refractivity contribution in [2.75, 3.05) is 52.9 Å². The molecule has 0 bridgehead atoms. The first-order valence-corrected chi connectivity index (χ1v) is 12.1. The number of amides is 1. The zero-order valence-corrected chi connectivity index (χ0v) is 22.7. The highest BCUT2D eigenvalue weighted by Gasteiger charge is 2.24. The third-order valence-corrected chi connectivity index (χ3v) is 6.65. The Balaban J connectivity index is 0.00000363. The van der Waals surface area contributed by atoms with Crippen LogP contribution in [0.2, 0.25) is 0 Å². The van der Waals surface area contributed by atoms with Crippen molar-refractivity contribution in [2.45, 2.75) is 58.9 Å². The van der Waals surface area contributed by atoms with Crippen LogP contribution in [0.1, 0.15) is 56.5 Å². The fraction of sp³-hybridized carbons (Fsp3) is 0.783. The monoisotopic (exact) mass is 559 g/mol. The molecule has 2 fully saturated rings. The van der Waals surface area contributed by atoms with Crippen molar-refractivity contribution in [3.63, 3.8) is 0 Å². The molecule has 2 saturated heterocycles. The van der Waals surface area contributed by atoms with Crippen LogP contribution in [0.25, 0.3) is 0 Å². The van der Waals surface area contributed by atoms with E-state index in [-0.39, 0.29) is 24.0 Å². The molecule has 8 nitrogen and oxygen atoms in total. The zero-order valence-electron chi connectivity index (χ0n) is 20.4. The average molecular weight is 560 g/mol. The highest BCUT2D eigenvalue weighted by atomic mass is 127. The SMILES string of the molecule is CCc1nn(C)c(CC)c1CNC(=NC)N1CCN(CC(=O)N2CCCCCC2)CC1.I. The maximum absolute atomic E-state index is 12.7. The van der Waals surface area contributed by atoms with Crippen LogP contribution in [-0.4, -0.2) is 89.2 Å². The first-order chi connectivity index (χ1) is 15.1. The number of hydrogen-bond acceptors (Lipinski definition) is 4. The number of hydrogen-bond donors (Lipinski definition) is 1. The van der Waals surface area contributed by atoms with E-state index in [1.54, 1.807) is 0 Å². The summed E-state index contributed by atoms with van der Waals surface area (Å²) < 4.78 is 2.01. The van der Waals surface area contributed by atoms with E-state index >= 15 is 0 Å². The molecule has 0 spiro atoms. The van der Waals surface area contributed by atoms with E-state index < -0.39 is 0 Å². The number of halogens is 1. The number of piperazine rings is 1. The van der Waals surface area contributed by atoms with Crippen molar-refractivity contribution in [3.8, 4) is 0 Å². The quantitative estimate of drug-likeness (QED) is 0.329. The first kappa shape index (κ1) is 26.9. The number of guanidine groups is 1. The van der Waals surface area contributed by atoms with Gasteiger partial charge in [-0.1, -0.05) is 26.7 Å². The summed E-state index contributed by atoms with van der Waals surface area (Å²) in [7, 11) is 3.88. The Bertz CT molecular complexity index is 748. The summed E-state index contributed by atoms with van der Waals surface area (Å²) in [5.74, 6) is 1.24. The summed E-state index contributed by atoms with van der Waals surface area (Å²) in [6.07, 6.45) is 6.73. The summed E-state index contributed by atoms with van der Waals surface area (Å²) in [5, 5.41) is 8.24. The van der Waals surface area contributed by atoms with Gasteiger partial charge in [0.15, 0.2) is 5.96 Å². The number of nitrogens with one attached hydrogen (secondary N) is 1. The van der Waals surface area contributed by atoms with Gasteiger partial charge in [-0.2, -0.15) is 5.10 Å². The summed E-state index contributed by atoms with van der Waals surface area (Å²) in [4.78, 5) is 23.9. The molecule has 0 aromatic carbocycles. The molecule has 3 rings (SSSR count).